The third-order valence-corrected chi connectivity index (χ3v) is 4.05. The summed E-state index contributed by atoms with van der Waals surface area (Å²) < 4.78 is 18.6. The van der Waals surface area contributed by atoms with Crippen molar-refractivity contribution in [3.8, 4) is 0 Å². The van der Waals surface area contributed by atoms with E-state index in [0.717, 1.165) is 0 Å². The lowest BCUT2D eigenvalue weighted by Crippen LogP contribution is -2.50. The van der Waals surface area contributed by atoms with Gasteiger partial charge in [0.25, 0.3) is 5.56 Å². The number of ether oxygens (including phenoxy) is 3. The molecule has 0 radical (unpaired) electrons. The second-order valence-electron chi connectivity index (χ2n) is 6.12. The highest BCUT2D eigenvalue weighted by molar-refractivity contribution is 5.70. The van der Waals surface area contributed by atoms with Crippen LogP contribution in [0.25, 0.3) is 11.2 Å². The molecule has 0 spiro atoms. The summed E-state index contributed by atoms with van der Waals surface area (Å²) in [5.41, 5.74) is 5.51. The van der Waals surface area contributed by atoms with Gasteiger partial charge in [-0.25, -0.2) is 4.98 Å². The van der Waals surface area contributed by atoms with Crippen LogP contribution in [0.4, 0.5) is 5.95 Å². The maximum atomic E-state index is 11.8. The minimum atomic E-state index is -0.956. The van der Waals surface area contributed by atoms with Gasteiger partial charge in [0.05, 0.1) is 12.9 Å². The molecule has 4 N–H and O–H groups in total. The highest BCUT2D eigenvalue weighted by Crippen LogP contribution is 2.38. The van der Waals surface area contributed by atoms with Gasteiger partial charge in [-0.15, -0.1) is 0 Å². The number of nitrogens with zero attached hydrogens (tertiary/aromatic N) is 3. The largest absolute Gasteiger partial charge is 0.386 e. The second-order valence-corrected chi connectivity index (χ2v) is 6.12. The number of hydrogen-bond donors (Lipinski definition) is 3. The third-order valence-electron chi connectivity index (χ3n) is 4.05. The first kappa shape index (κ1) is 14.6. The molecular formula is C13H17N5O5. The monoisotopic (exact) mass is 323 g/mol. The molecule has 2 aliphatic heterocycles. The molecule has 2 aliphatic rings. The van der Waals surface area contributed by atoms with Crippen LogP contribution >= 0.6 is 0 Å². The van der Waals surface area contributed by atoms with Crippen LogP contribution in [0.1, 0.15) is 20.1 Å². The highest BCUT2D eigenvalue weighted by Gasteiger charge is 2.51. The number of fused-ring (bicyclic) bond motifs is 2. The third kappa shape index (κ3) is 2.22. The molecule has 0 saturated carbocycles. The van der Waals surface area contributed by atoms with Gasteiger partial charge in [0.15, 0.2) is 23.2 Å². The quantitative estimate of drug-likeness (QED) is 0.614. The van der Waals surface area contributed by atoms with Crippen LogP contribution < -0.4 is 11.3 Å². The van der Waals surface area contributed by atoms with E-state index in [1.54, 1.807) is 13.8 Å². The molecule has 124 valence electrons. The number of aromatic nitrogens is 4. The van der Waals surface area contributed by atoms with Crippen molar-refractivity contribution in [2.24, 2.45) is 0 Å². The Labute approximate surface area is 130 Å². The van der Waals surface area contributed by atoms with Crippen molar-refractivity contribution in [2.45, 2.75) is 44.2 Å². The van der Waals surface area contributed by atoms with Crippen molar-refractivity contribution in [2.75, 3.05) is 12.3 Å². The zero-order valence-corrected chi connectivity index (χ0v) is 12.6. The molecule has 4 atom stereocenters. The van der Waals surface area contributed by atoms with Crippen LogP contribution in [0.5, 0.6) is 0 Å². The number of aliphatic hydroxyl groups excluding tert-OH is 1. The van der Waals surface area contributed by atoms with E-state index in [1.807, 2.05) is 0 Å². The Balaban J connectivity index is 1.73. The normalized spacial score (nSPS) is 33.0. The summed E-state index contributed by atoms with van der Waals surface area (Å²) in [6, 6.07) is 0. The molecule has 0 amide bonds. The molecule has 2 saturated heterocycles. The smallest absolute Gasteiger partial charge is 0.280 e. The first-order valence-electron chi connectivity index (χ1n) is 7.23. The predicted octanol–water partition coefficient (Wildman–Crippen LogP) is -0.888. The first-order valence-corrected chi connectivity index (χ1v) is 7.23. The first-order chi connectivity index (χ1) is 10.9. The van der Waals surface area contributed by atoms with Gasteiger partial charge in [0.1, 0.15) is 18.3 Å². The molecule has 2 fully saturated rings. The van der Waals surface area contributed by atoms with Gasteiger partial charge in [0, 0.05) is 0 Å². The Kier molecular flexibility index (Phi) is 3.00. The molecular weight excluding hydrogens is 306 g/mol. The number of rotatable bonds is 1. The molecule has 0 unspecified atom stereocenters. The number of anilines is 1. The minimum Gasteiger partial charge on any atom is -0.386 e. The molecule has 0 aliphatic carbocycles. The predicted molar refractivity (Wildman–Crippen MR) is 77.4 cm³/mol. The Hall–Kier alpha value is -2.01. The molecule has 10 heteroatoms. The summed E-state index contributed by atoms with van der Waals surface area (Å²) in [4.78, 5) is 22.3. The van der Waals surface area contributed by atoms with Crippen molar-refractivity contribution in [3.05, 3.63) is 16.7 Å². The van der Waals surface area contributed by atoms with Crippen LogP contribution in [0.15, 0.2) is 11.1 Å². The summed E-state index contributed by atoms with van der Waals surface area (Å²) >= 11 is 0. The van der Waals surface area contributed by atoms with Gasteiger partial charge in [0.2, 0.25) is 5.95 Å². The van der Waals surface area contributed by atoms with Gasteiger partial charge >= 0.3 is 0 Å². The lowest BCUT2D eigenvalue weighted by Gasteiger charge is -2.37. The van der Waals surface area contributed by atoms with Crippen LogP contribution in [0.3, 0.4) is 0 Å². The van der Waals surface area contributed by atoms with E-state index < -0.39 is 35.9 Å². The molecule has 0 bridgehead atoms. The molecule has 10 nitrogen and oxygen atoms in total. The maximum Gasteiger partial charge on any atom is 0.280 e. The van der Waals surface area contributed by atoms with E-state index in [9.17, 15) is 9.90 Å². The van der Waals surface area contributed by atoms with Gasteiger partial charge in [-0.1, -0.05) is 0 Å². The van der Waals surface area contributed by atoms with Gasteiger partial charge in [-0.3, -0.25) is 14.3 Å². The van der Waals surface area contributed by atoms with Crippen LogP contribution in [0.2, 0.25) is 0 Å². The van der Waals surface area contributed by atoms with Gasteiger partial charge in [-0.05, 0) is 13.8 Å². The fourth-order valence-corrected chi connectivity index (χ4v) is 3.00. The van der Waals surface area contributed by atoms with Crippen LogP contribution in [0, 0.1) is 0 Å². The minimum absolute atomic E-state index is 0.0325. The Bertz CT molecular complexity index is 815. The molecule has 2 aromatic rings. The van der Waals surface area contributed by atoms with Crippen molar-refractivity contribution < 1.29 is 19.3 Å². The average molecular weight is 323 g/mol. The summed E-state index contributed by atoms with van der Waals surface area (Å²) in [6.45, 7) is 3.85. The van der Waals surface area contributed by atoms with Gasteiger partial charge in [-0.2, -0.15) is 4.98 Å². The maximum absolute atomic E-state index is 11.8. The van der Waals surface area contributed by atoms with E-state index in [1.165, 1.54) is 10.9 Å². The SMILES string of the molecule is CC1(C)OC[C@H]2O[C@@H](n3cnc4c(=O)[nH]c(N)nc43)[C@@H](O)[C@H]2O1. The molecule has 4 heterocycles. The average Bonchev–Trinajstić information content (AvgIpc) is 3.00. The van der Waals surface area contributed by atoms with Crippen molar-refractivity contribution in [3.63, 3.8) is 0 Å². The number of nitrogens with two attached hydrogens (primary N) is 1. The van der Waals surface area contributed by atoms with Crippen molar-refractivity contribution in [1.82, 2.24) is 19.5 Å². The lowest BCUT2D eigenvalue weighted by molar-refractivity contribution is -0.300. The summed E-state index contributed by atoms with van der Waals surface area (Å²) in [5.74, 6) is -0.827. The van der Waals surface area contributed by atoms with E-state index in [2.05, 4.69) is 15.0 Å². The Morgan fingerprint density at radius 3 is 3.09 bits per heavy atom. The standard InChI is InChI=1S/C13H17N5O5/c1-13(2)21-3-5-8(23-13)7(19)11(22-5)18-4-15-6-9(18)16-12(14)17-10(6)20/h4-5,7-8,11,19H,3H2,1-2H3,(H3,14,16,17,20)/t5-,7+,8+,11-/m1/s1. The highest BCUT2D eigenvalue weighted by atomic mass is 16.7. The Morgan fingerprint density at radius 1 is 1.52 bits per heavy atom. The van der Waals surface area contributed by atoms with Crippen molar-refractivity contribution in [1.29, 1.82) is 0 Å². The van der Waals surface area contributed by atoms with E-state index in [4.69, 9.17) is 19.9 Å². The second kappa shape index (κ2) is 4.74. The Morgan fingerprint density at radius 2 is 2.30 bits per heavy atom. The molecule has 0 aromatic carbocycles. The number of aromatic amines is 1. The lowest BCUT2D eigenvalue weighted by atomic mass is 10.1. The molecule has 4 rings (SSSR count). The van der Waals surface area contributed by atoms with Crippen LogP contribution in [-0.2, 0) is 14.2 Å². The van der Waals surface area contributed by atoms with E-state index in [0.29, 0.717) is 6.61 Å². The summed E-state index contributed by atoms with van der Waals surface area (Å²) in [6.07, 6.45) is -1.31. The number of H-pyrrole nitrogens is 1. The number of imidazole rings is 1. The number of nitrogen functional groups attached to an aromatic ring is 1. The van der Waals surface area contributed by atoms with Crippen molar-refractivity contribution >= 4 is 17.1 Å². The fraction of sp³-hybridized carbons (Fsp3) is 0.615. The number of aliphatic hydroxyl groups is 1. The zero-order chi connectivity index (χ0) is 16.4. The summed E-state index contributed by atoms with van der Waals surface area (Å²) in [5, 5.41) is 10.6. The van der Waals surface area contributed by atoms with E-state index in [-0.39, 0.29) is 17.1 Å². The summed E-state index contributed by atoms with van der Waals surface area (Å²) in [7, 11) is 0. The topological polar surface area (TPSA) is 138 Å². The van der Waals surface area contributed by atoms with Gasteiger partial charge < -0.3 is 25.1 Å². The molecule has 23 heavy (non-hydrogen) atoms. The van der Waals surface area contributed by atoms with E-state index >= 15 is 0 Å². The fourth-order valence-electron chi connectivity index (χ4n) is 3.00. The molecule has 2 aromatic heterocycles. The van der Waals surface area contributed by atoms with Crippen LogP contribution in [-0.4, -0.2) is 55.3 Å². The number of nitrogens with one attached hydrogen (secondary N) is 1. The number of hydrogen-bond acceptors (Lipinski definition) is 8. The zero-order valence-electron chi connectivity index (χ0n) is 12.6.